The number of amides is 2. The lowest BCUT2D eigenvalue weighted by Crippen LogP contribution is -2.41. The van der Waals surface area contributed by atoms with Crippen molar-refractivity contribution in [1.82, 2.24) is 14.9 Å². The van der Waals surface area contributed by atoms with E-state index in [1.54, 1.807) is 28.8 Å². The predicted molar refractivity (Wildman–Crippen MR) is 112 cm³/mol. The minimum Gasteiger partial charge on any atom is -0.320 e. The highest BCUT2D eigenvalue weighted by atomic mass is 32.2. The number of nitrogens with zero attached hydrogens (tertiary/aromatic N) is 2. The van der Waals surface area contributed by atoms with Crippen LogP contribution >= 0.6 is 11.8 Å². The molecule has 2 aromatic carbocycles. The van der Waals surface area contributed by atoms with Crippen molar-refractivity contribution in [2.75, 3.05) is 18.1 Å². The molecule has 3 aromatic rings. The second kappa shape index (κ2) is 8.08. The number of aromatic amines is 1. The Kier molecular flexibility index (Phi) is 5.35. The van der Waals surface area contributed by atoms with Gasteiger partial charge < -0.3 is 15.2 Å². The first kappa shape index (κ1) is 19.2. The van der Waals surface area contributed by atoms with E-state index < -0.39 is 0 Å². The summed E-state index contributed by atoms with van der Waals surface area (Å²) < 4.78 is 13.1. The van der Waals surface area contributed by atoms with Crippen molar-refractivity contribution in [3.05, 3.63) is 76.0 Å². The number of H-pyrrole nitrogens is 1. The molecule has 8 heteroatoms. The number of halogens is 1. The molecule has 0 radical (unpaired) electrons. The van der Waals surface area contributed by atoms with E-state index in [0.29, 0.717) is 41.3 Å². The summed E-state index contributed by atoms with van der Waals surface area (Å²) in [7, 11) is 0. The van der Waals surface area contributed by atoms with Crippen LogP contribution in [0.3, 0.4) is 0 Å². The number of fused-ring (bicyclic) bond motifs is 1. The van der Waals surface area contributed by atoms with Gasteiger partial charge in [-0.1, -0.05) is 0 Å². The number of carbonyl (C=O) groups excluding carboxylic acids is 1. The van der Waals surface area contributed by atoms with Crippen LogP contribution in [0.25, 0.3) is 11.4 Å². The summed E-state index contributed by atoms with van der Waals surface area (Å²) >= 11 is 1.63. The van der Waals surface area contributed by atoms with Crippen molar-refractivity contribution in [2.45, 2.75) is 17.9 Å². The topological polar surface area (TPSA) is 78.1 Å². The average molecular weight is 410 g/mol. The van der Waals surface area contributed by atoms with Crippen LogP contribution in [0.5, 0.6) is 0 Å². The van der Waals surface area contributed by atoms with Gasteiger partial charge in [-0.25, -0.2) is 14.2 Å². The number of thioether (sulfide) groups is 1. The van der Waals surface area contributed by atoms with Gasteiger partial charge in [0.05, 0.1) is 17.8 Å². The van der Waals surface area contributed by atoms with E-state index in [4.69, 9.17) is 0 Å². The molecule has 29 heavy (non-hydrogen) atoms. The summed E-state index contributed by atoms with van der Waals surface area (Å²) in [6, 6.07) is 13.1. The van der Waals surface area contributed by atoms with Gasteiger partial charge in [0, 0.05) is 29.1 Å². The Morgan fingerprint density at radius 2 is 1.90 bits per heavy atom. The molecule has 1 aromatic heterocycles. The minimum atomic E-state index is -0.348. The molecule has 0 aliphatic carbocycles. The average Bonchev–Trinajstić information content (AvgIpc) is 2.74. The predicted octanol–water partition coefficient (Wildman–Crippen LogP) is 3.89. The number of urea groups is 1. The van der Waals surface area contributed by atoms with E-state index in [1.807, 2.05) is 30.5 Å². The molecule has 0 saturated carbocycles. The first-order chi connectivity index (χ1) is 14.0. The molecule has 2 N–H and O–H groups in total. The van der Waals surface area contributed by atoms with Gasteiger partial charge in [-0.3, -0.25) is 4.79 Å². The van der Waals surface area contributed by atoms with Crippen molar-refractivity contribution >= 4 is 23.5 Å². The molecule has 2 heterocycles. The molecule has 1 aliphatic rings. The van der Waals surface area contributed by atoms with Gasteiger partial charge in [-0.15, -0.1) is 11.8 Å². The van der Waals surface area contributed by atoms with E-state index in [2.05, 4.69) is 15.3 Å². The largest absolute Gasteiger partial charge is 0.322 e. The van der Waals surface area contributed by atoms with Crippen molar-refractivity contribution < 1.29 is 9.18 Å². The molecule has 4 rings (SSSR count). The molecule has 2 amide bonds. The van der Waals surface area contributed by atoms with Crippen LogP contribution in [-0.4, -0.2) is 33.7 Å². The Balaban J connectivity index is 1.51. The third-order valence-electron chi connectivity index (χ3n) is 4.81. The third-order valence-corrected chi connectivity index (χ3v) is 5.56. The van der Waals surface area contributed by atoms with Crippen LogP contribution in [0.4, 0.5) is 14.9 Å². The fraction of sp³-hybridized carbons (Fsp3) is 0.190. The molecular weight excluding hydrogens is 391 g/mol. The molecule has 0 saturated heterocycles. The summed E-state index contributed by atoms with van der Waals surface area (Å²) in [4.78, 5) is 35.2. The fourth-order valence-electron chi connectivity index (χ4n) is 3.22. The maximum absolute atomic E-state index is 13.1. The molecule has 0 fully saturated rings. The Labute approximate surface area is 171 Å². The van der Waals surface area contributed by atoms with Crippen molar-refractivity contribution in [3.8, 4) is 11.4 Å². The van der Waals surface area contributed by atoms with Crippen molar-refractivity contribution in [2.24, 2.45) is 0 Å². The van der Waals surface area contributed by atoms with Gasteiger partial charge in [0.2, 0.25) is 0 Å². The van der Waals surface area contributed by atoms with Crippen LogP contribution in [0, 0.1) is 5.82 Å². The molecule has 1 aliphatic heterocycles. The summed E-state index contributed by atoms with van der Waals surface area (Å²) in [5.74, 6) is 0.0549. The number of benzene rings is 2. The first-order valence-corrected chi connectivity index (χ1v) is 10.3. The zero-order chi connectivity index (χ0) is 20.4. The monoisotopic (exact) mass is 410 g/mol. The third kappa shape index (κ3) is 4.17. The van der Waals surface area contributed by atoms with Crippen molar-refractivity contribution in [3.63, 3.8) is 0 Å². The highest BCUT2D eigenvalue weighted by Gasteiger charge is 2.25. The lowest BCUT2D eigenvalue weighted by atomic mass is 10.1. The Bertz CT molecular complexity index is 1100. The quantitative estimate of drug-likeness (QED) is 0.642. The number of rotatable bonds is 3. The molecule has 0 bridgehead atoms. The highest BCUT2D eigenvalue weighted by molar-refractivity contribution is 7.98. The molecular formula is C21H19FN4O2S. The van der Waals surface area contributed by atoms with Gasteiger partial charge in [0.25, 0.3) is 5.56 Å². The normalized spacial score (nSPS) is 13.1. The van der Waals surface area contributed by atoms with Gasteiger partial charge in [-0.2, -0.15) is 0 Å². The van der Waals surface area contributed by atoms with Crippen LogP contribution in [-0.2, 0) is 13.0 Å². The highest BCUT2D eigenvalue weighted by Crippen LogP contribution is 2.21. The zero-order valence-electron chi connectivity index (χ0n) is 15.7. The summed E-state index contributed by atoms with van der Waals surface area (Å²) in [5, 5.41) is 2.87. The van der Waals surface area contributed by atoms with Crippen LogP contribution in [0.1, 0.15) is 11.3 Å². The van der Waals surface area contributed by atoms with E-state index in [9.17, 15) is 14.0 Å². The maximum atomic E-state index is 13.1. The summed E-state index contributed by atoms with van der Waals surface area (Å²) in [5.41, 5.74) is 2.21. The van der Waals surface area contributed by atoms with Gasteiger partial charge in [0.1, 0.15) is 11.6 Å². The van der Waals surface area contributed by atoms with E-state index in [-0.39, 0.29) is 24.0 Å². The number of nitrogens with one attached hydrogen (secondary N) is 2. The second-order valence-corrected chi connectivity index (χ2v) is 7.56. The Hall–Kier alpha value is -3.13. The van der Waals surface area contributed by atoms with Crippen LogP contribution in [0.2, 0.25) is 0 Å². The molecule has 6 nitrogen and oxygen atoms in total. The lowest BCUT2D eigenvalue weighted by Gasteiger charge is -2.28. The Morgan fingerprint density at radius 3 is 2.59 bits per heavy atom. The van der Waals surface area contributed by atoms with Crippen LogP contribution < -0.4 is 10.9 Å². The standard InChI is InChI=1S/C21H19FN4O2S/c1-29-16-8-6-15(7-9-16)23-21(28)26-11-10-18-17(12-26)20(27)25-19(24-18)13-2-4-14(22)5-3-13/h2-9H,10-12H2,1H3,(H,23,28)(H,24,25,27). The van der Waals surface area contributed by atoms with Gasteiger partial charge in [0.15, 0.2) is 0 Å². The number of anilines is 1. The number of carbonyl (C=O) groups is 1. The first-order valence-electron chi connectivity index (χ1n) is 9.11. The van der Waals surface area contributed by atoms with Crippen LogP contribution in [0.15, 0.2) is 58.2 Å². The number of hydrogen-bond acceptors (Lipinski definition) is 4. The van der Waals surface area contributed by atoms with E-state index in [0.717, 1.165) is 4.90 Å². The fourth-order valence-corrected chi connectivity index (χ4v) is 3.63. The summed E-state index contributed by atoms with van der Waals surface area (Å²) in [6.07, 6.45) is 2.47. The van der Waals surface area contributed by atoms with Gasteiger partial charge >= 0.3 is 6.03 Å². The second-order valence-electron chi connectivity index (χ2n) is 6.68. The molecule has 0 atom stereocenters. The van der Waals surface area contributed by atoms with Gasteiger partial charge in [-0.05, 0) is 54.8 Å². The Morgan fingerprint density at radius 1 is 1.17 bits per heavy atom. The SMILES string of the molecule is CSc1ccc(NC(=O)N2CCc3nc(-c4ccc(F)cc4)[nH]c(=O)c3C2)cc1. The minimum absolute atomic E-state index is 0.191. The summed E-state index contributed by atoms with van der Waals surface area (Å²) in [6.45, 7) is 0.650. The van der Waals surface area contributed by atoms with E-state index >= 15 is 0 Å². The maximum Gasteiger partial charge on any atom is 0.322 e. The molecule has 0 spiro atoms. The lowest BCUT2D eigenvalue weighted by molar-refractivity contribution is 0.205. The molecule has 0 unspecified atom stereocenters. The smallest absolute Gasteiger partial charge is 0.320 e. The molecule has 148 valence electrons. The number of aromatic nitrogens is 2. The zero-order valence-corrected chi connectivity index (χ0v) is 16.6. The number of hydrogen-bond donors (Lipinski definition) is 2. The van der Waals surface area contributed by atoms with Crippen molar-refractivity contribution in [1.29, 1.82) is 0 Å². The van der Waals surface area contributed by atoms with E-state index in [1.165, 1.54) is 12.1 Å².